The molecular weight excluding hydrogens is 282 g/mol. The first kappa shape index (κ1) is 14.6. The van der Waals surface area contributed by atoms with Gasteiger partial charge in [0.15, 0.2) is 5.82 Å². The van der Waals surface area contributed by atoms with E-state index in [0.717, 1.165) is 0 Å². The Kier molecular flexibility index (Phi) is 4.21. The number of tetrazole rings is 1. The smallest absolute Gasteiger partial charge is 0.378 e. The van der Waals surface area contributed by atoms with Crippen molar-refractivity contribution in [2.24, 2.45) is 0 Å². The Morgan fingerprint density at radius 1 is 1.48 bits per heavy atom. The Balaban J connectivity index is 2.14. The molecule has 21 heavy (non-hydrogen) atoms. The molecule has 0 fully saturated rings. The highest BCUT2D eigenvalue weighted by Crippen LogP contribution is 2.13. The number of esters is 1. The van der Waals surface area contributed by atoms with Crippen LogP contribution in [0.25, 0.3) is 0 Å². The molecule has 112 valence electrons. The minimum Gasteiger partial charge on any atom is -0.460 e. The normalized spacial score (nSPS) is 10.6. The first-order chi connectivity index (χ1) is 10.0. The number of rotatable bonds is 6. The zero-order chi connectivity index (χ0) is 15.4. The van der Waals surface area contributed by atoms with Crippen LogP contribution in [0, 0.1) is 17.0 Å². The maximum Gasteiger partial charge on any atom is 0.378 e. The minimum atomic E-state index is -0.639. The molecule has 0 unspecified atom stereocenters. The van der Waals surface area contributed by atoms with Gasteiger partial charge in [-0.3, -0.25) is 0 Å². The average molecular weight is 295 g/mol. The largest absolute Gasteiger partial charge is 0.460 e. The number of imidazole rings is 1. The summed E-state index contributed by atoms with van der Waals surface area (Å²) in [6, 6.07) is 0. The van der Waals surface area contributed by atoms with Gasteiger partial charge < -0.3 is 14.9 Å². The van der Waals surface area contributed by atoms with Gasteiger partial charge in [0.2, 0.25) is 0 Å². The summed E-state index contributed by atoms with van der Waals surface area (Å²) in [5.41, 5.74) is 0. The molecular formula is C10H13N7O4. The third-order valence-electron chi connectivity index (χ3n) is 2.75. The molecule has 2 rings (SSSR count). The molecule has 0 aliphatic rings. The molecule has 0 amide bonds. The van der Waals surface area contributed by atoms with Gasteiger partial charge in [-0.1, -0.05) is 0 Å². The predicted molar refractivity (Wildman–Crippen MR) is 67.4 cm³/mol. The number of carbonyl (C=O) groups excluding carboxylic acids is 1. The molecule has 0 radical (unpaired) electrons. The van der Waals surface area contributed by atoms with Gasteiger partial charge in [-0.05, 0) is 22.3 Å². The summed E-state index contributed by atoms with van der Waals surface area (Å²) in [6.07, 6.45) is 1.18. The van der Waals surface area contributed by atoms with E-state index in [-0.39, 0.29) is 31.3 Å². The monoisotopic (exact) mass is 295 g/mol. The Hall–Kier alpha value is -2.85. The molecule has 0 spiro atoms. The second kappa shape index (κ2) is 6.07. The molecule has 0 N–H and O–H groups in total. The number of ether oxygens (including phenoxy) is 1. The predicted octanol–water partition coefficient (Wildman–Crippen LogP) is -0.0369. The van der Waals surface area contributed by atoms with E-state index in [1.807, 2.05) is 0 Å². The molecule has 0 bridgehead atoms. The lowest BCUT2D eigenvalue weighted by Gasteiger charge is -2.05. The van der Waals surface area contributed by atoms with Crippen LogP contribution >= 0.6 is 0 Å². The summed E-state index contributed by atoms with van der Waals surface area (Å²) >= 11 is 0. The number of aromatic nitrogens is 6. The minimum absolute atomic E-state index is 0.0442. The fourth-order valence-corrected chi connectivity index (χ4v) is 1.77. The fraction of sp³-hybridized carbons (Fsp3) is 0.500. The SMILES string of the molecule is CCOC(=O)c1nnnn1CCn1c([N+](=O)[O-])cnc1C. The second-order valence-electron chi connectivity index (χ2n) is 4.02. The summed E-state index contributed by atoms with van der Waals surface area (Å²) in [4.78, 5) is 25.9. The number of hydrogen-bond donors (Lipinski definition) is 0. The van der Waals surface area contributed by atoms with Crippen LogP contribution in [0.15, 0.2) is 6.20 Å². The standard InChI is InChI=1S/C10H13N7O4/c1-3-21-10(18)9-12-13-14-16(9)5-4-15-7(2)11-6-8(15)17(19)20/h6H,3-5H2,1-2H3. The van der Waals surface area contributed by atoms with Gasteiger partial charge in [0.1, 0.15) is 12.7 Å². The van der Waals surface area contributed by atoms with Gasteiger partial charge in [-0.2, -0.15) is 0 Å². The molecule has 0 aliphatic carbocycles. The summed E-state index contributed by atoms with van der Waals surface area (Å²) in [7, 11) is 0. The van der Waals surface area contributed by atoms with Crippen molar-refractivity contribution < 1.29 is 14.5 Å². The van der Waals surface area contributed by atoms with Gasteiger partial charge in [-0.25, -0.2) is 19.0 Å². The van der Waals surface area contributed by atoms with Crippen molar-refractivity contribution in [1.29, 1.82) is 0 Å². The van der Waals surface area contributed by atoms with Gasteiger partial charge in [0.25, 0.3) is 5.82 Å². The molecule has 11 nitrogen and oxygen atoms in total. The van der Waals surface area contributed by atoms with Crippen LogP contribution in [0.5, 0.6) is 0 Å². The Labute approximate surface area is 118 Å². The summed E-state index contributed by atoms with van der Waals surface area (Å²) in [5.74, 6) is -0.317. The zero-order valence-electron chi connectivity index (χ0n) is 11.5. The molecule has 0 saturated carbocycles. The lowest BCUT2D eigenvalue weighted by molar-refractivity contribution is -0.392. The molecule has 2 aromatic rings. The topological polar surface area (TPSA) is 131 Å². The number of nitrogens with zero attached hydrogens (tertiary/aromatic N) is 7. The highest BCUT2D eigenvalue weighted by Gasteiger charge is 2.20. The van der Waals surface area contributed by atoms with E-state index in [4.69, 9.17) is 4.74 Å². The van der Waals surface area contributed by atoms with Crippen molar-refractivity contribution >= 4 is 11.8 Å². The van der Waals surface area contributed by atoms with Crippen molar-refractivity contribution in [3.05, 3.63) is 28.0 Å². The Morgan fingerprint density at radius 3 is 2.90 bits per heavy atom. The van der Waals surface area contributed by atoms with Crippen molar-refractivity contribution in [2.75, 3.05) is 6.61 Å². The third kappa shape index (κ3) is 3.01. The second-order valence-corrected chi connectivity index (χ2v) is 4.02. The zero-order valence-corrected chi connectivity index (χ0v) is 11.5. The maximum atomic E-state index is 11.6. The molecule has 0 atom stereocenters. The number of nitro groups is 1. The van der Waals surface area contributed by atoms with Crippen LogP contribution in [0.2, 0.25) is 0 Å². The van der Waals surface area contributed by atoms with Crippen LogP contribution in [0.1, 0.15) is 23.4 Å². The molecule has 11 heteroatoms. The van der Waals surface area contributed by atoms with E-state index in [1.54, 1.807) is 13.8 Å². The highest BCUT2D eigenvalue weighted by atomic mass is 16.6. The van der Waals surface area contributed by atoms with E-state index in [2.05, 4.69) is 20.5 Å². The number of hydrogen-bond acceptors (Lipinski definition) is 8. The third-order valence-corrected chi connectivity index (χ3v) is 2.75. The molecule has 2 aromatic heterocycles. The van der Waals surface area contributed by atoms with Gasteiger partial charge >= 0.3 is 11.8 Å². The van der Waals surface area contributed by atoms with E-state index in [9.17, 15) is 14.9 Å². The lowest BCUT2D eigenvalue weighted by atomic mass is 10.5. The van der Waals surface area contributed by atoms with Crippen LogP contribution in [0.4, 0.5) is 5.82 Å². The Bertz CT molecular complexity index is 662. The van der Waals surface area contributed by atoms with Crippen LogP contribution in [-0.2, 0) is 17.8 Å². The van der Waals surface area contributed by atoms with Crippen LogP contribution in [0.3, 0.4) is 0 Å². The molecule has 0 aliphatic heterocycles. The van der Waals surface area contributed by atoms with Gasteiger partial charge in [-0.15, -0.1) is 5.10 Å². The van der Waals surface area contributed by atoms with E-state index in [1.165, 1.54) is 15.4 Å². The van der Waals surface area contributed by atoms with Crippen molar-refractivity contribution in [2.45, 2.75) is 26.9 Å². The van der Waals surface area contributed by atoms with E-state index >= 15 is 0 Å². The molecule has 2 heterocycles. The summed E-state index contributed by atoms with van der Waals surface area (Å²) < 4.78 is 7.47. The first-order valence-electron chi connectivity index (χ1n) is 6.14. The Morgan fingerprint density at radius 2 is 2.24 bits per heavy atom. The number of aryl methyl sites for hydroxylation is 2. The molecule has 0 saturated heterocycles. The van der Waals surface area contributed by atoms with E-state index in [0.29, 0.717) is 5.82 Å². The van der Waals surface area contributed by atoms with Crippen molar-refractivity contribution in [3.8, 4) is 0 Å². The lowest BCUT2D eigenvalue weighted by Crippen LogP contribution is -2.18. The van der Waals surface area contributed by atoms with E-state index < -0.39 is 10.9 Å². The molecule has 0 aromatic carbocycles. The van der Waals surface area contributed by atoms with Crippen LogP contribution in [-0.4, -0.2) is 47.3 Å². The average Bonchev–Trinajstić information content (AvgIpc) is 3.03. The summed E-state index contributed by atoms with van der Waals surface area (Å²) in [6.45, 7) is 3.92. The maximum absolute atomic E-state index is 11.6. The van der Waals surface area contributed by atoms with Gasteiger partial charge in [0.05, 0.1) is 13.2 Å². The fourth-order valence-electron chi connectivity index (χ4n) is 1.77. The first-order valence-corrected chi connectivity index (χ1v) is 6.14. The van der Waals surface area contributed by atoms with Crippen LogP contribution < -0.4 is 0 Å². The highest BCUT2D eigenvalue weighted by molar-refractivity contribution is 5.85. The van der Waals surface area contributed by atoms with Crippen molar-refractivity contribution in [3.63, 3.8) is 0 Å². The van der Waals surface area contributed by atoms with Gasteiger partial charge in [0, 0.05) is 6.92 Å². The quantitative estimate of drug-likeness (QED) is 0.412. The number of carbonyl (C=O) groups is 1. The summed E-state index contributed by atoms with van der Waals surface area (Å²) in [5, 5.41) is 21.5. The van der Waals surface area contributed by atoms with Crippen molar-refractivity contribution in [1.82, 2.24) is 29.8 Å².